The van der Waals surface area contributed by atoms with Gasteiger partial charge in [0.1, 0.15) is 0 Å². The topological polar surface area (TPSA) is 50.9 Å². The van der Waals surface area contributed by atoms with Gasteiger partial charge in [-0.1, -0.05) is 6.07 Å². The van der Waals surface area contributed by atoms with Crippen LogP contribution >= 0.6 is 0 Å². The lowest BCUT2D eigenvalue weighted by Crippen LogP contribution is -2.32. The van der Waals surface area contributed by atoms with Crippen molar-refractivity contribution in [3.05, 3.63) is 36.0 Å². The molecule has 0 saturated heterocycles. The van der Waals surface area contributed by atoms with E-state index in [0.29, 0.717) is 12.1 Å². The van der Waals surface area contributed by atoms with Crippen molar-refractivity contribution < 1.29 is 0 Å². The predicted molar refractivity (Wildman–Crippen MR) is 80.3 cm³/mol. The Balaban J connectivity index is 1.87. The standard InChI is InChI=1S/C16H21N3/c1-11-4-9-15(14-3-2-10-18-16(11)14)19-13-7-5-12(17)6-8-13/h2-4,9-10,12-13,19H,5-8,17H2,1H3. The largest absolute Gasteiger partial charge is 0.382 e. The van der Waals surface area contributed by atoms with Gasteiger partial charge < -0.3 is 11.1 Å². The summed E-state index contributed by atoms with van der Waals surface area (Å²) in [5.74, 6) is 0. The number of aryl methyl sites for hydroxylation is 1. The molecule has 0 aliphatic heterocycles. The van der Waals surface area contributed by atoms with Gasteiger partial charge in [-0.25, -0.2) is 0 Å². The van der Waals surface area contributed by atoms with Crippen LogP contribution in [0.3, 0.4) is 0 Å². The molecular weight excluding hydrogens is 234 g/mol. The lowest BCUT2D eigenvalue weighted by Gasteiger charge is -2.28. The van der Waals surface area contributed by atoms with Crippen molar-refractivity contribution in [2.75, 3.05) is 5.32 Å². The zero-order chi connectivity index (χ0) is 13.2. The fourth-order valence-electron chi connectivity index (χ4n) is 2.92. The Hall–Kier alpha value is -1.61. The normalized spacial score (nSPS) is 23.5. The van der Waals surface area contributed by atoms with Crippen molar-refractivity contribution >= 4 is 16.6 Å². The zero-order valence-corrected chi connectivity index (χ0v) is 11.4. The quantitative estimate of drug-likeness (QED) is 0.866. The van der Waals surface area contributed by atoms with Crippen molar-refractivity contribution in [1.29, 1.82) is 0 Å². The Bertz CT molecular complexity index is 571. The van der Waals surface area contributed by atoms with Gasteiger partial charge in [0.2, 0.25) is 0 Å². The average Bonchev–Trinajstić information content (AvgIpc) is 2.45. The molecule has 1 aromatic heterocycles. The molecule has 0 radical (unpaired) electrons. The van der Waals surface area contributed by atoms with Gasteiger partial charge in [0.15, 0.2) is 0 Å². The molecule has 1 aliphatic carbocycles. The molecule has 1 heterocycles. The van der Waals surface area contributed by atoms with Gasteiger partial charge in [-0.3, -0.25) is 4.98 Å². The van der Waals surface area contributed by atoms with Crippen LogP contribution in [0.15, 0.2) is 30.5 Å². The molecule has 3 nitrogen and oxygen atoms in total. The number of hydrogen-bond donors (Lipinski definition) is 2. The number of nitrogens with two attached hydrogens (primary N) is 1. The second kappa shape index (κ2) is 5.17. The van der Waals surface area contributed by atoms with Gasteiger partial charge in [-0.15, -0.1) is 0 Å². The Labute approximate surface area is 114 Å². The van der Waals surface area contributed by atoms with E-state index in [1.54, 1.807) is 0 Å². The van der Waals surface area contributed by atoms with E-state index in [1.807, 2.05) is 12.3 Å². The maximum absolute atomic E-state index is 5.96. The van der Waals surface area contributed by atoms with Crippen LogP contribution in [0.25, 0.3) is 10.9 Å². The molecule has 0 spiro atoms. The van der Waals surface area contributed by atoms with Crippen molar-refractivity contribution in [2.24, 2.45) is 5.73 Å². The third kappa shape index (κ3) is 2.56. The summed E-state index contributed by atoms with van der Waals surface area (Å²) < 4.78 is 0. The number of anilines is 1. The molecular formula is C16H21N3. The minimum absolute atomic E-state index is 0.398. The van der Waals surface area contributed by atoms with Crippen LogP contribution in [-0.4, -0.2) is 17.1 Å². The number of hydrogen-bond acceptors (Lipinski definition) is 3. The van der Waals surface area contributed by atoms with E-state index in [1.165, 1.54) is 16.6 Å². The van der Waals surface area contributed by atoms with Crippen molar-refractivity contribution in [2.45, 2.75) is 44.7 Å². The van der Waals surface area contributed by atoms with Crippen LogP contribution in [-0.2, 0) is 0 Å². The van der Waals surface area contributed by atoms with Crippen molar-refractivity contribution in [3.63, 3.8) is 0 Å². The van der Waals surface area contributed by atoms with E-state index in [-0.39, 0.29) is 0 Å². The summed E-state index contributed by atoms with van der Waals surface area (Å²) in [5, 5.41) is 4.90. The van der Waals surface area contributed by atoms with Gasteiger partial charge in [0.25, 0.3) is 0 Å². The first-order valence-electron chi connectivity index (χ1n) is 7.10. The van der Waals surface area contributed by atoms with Crippen LogP contribution < -0.4 is 11.1 Å². The first kappa shape index (κ1) is 12.4. The molecule has 0 amide bonds. The number of rotatable bonds is 2. The third-order valence-electron chi connectivity index (χ3n) is 4.10. The molecule has 3 heteroatoms. The molecule has 1 saturated carbocycles. The predicted octanol–water partition coefficient (Wildman–Crippen LogP) is 3.23. The lowest BCUT2D eigenvalue weighted by atomic mass is 9.91. The van der Waals surface area contributed by atoms with Gasteiger partial charge >= 0.3 is 0 Å². The molecule has 0 unspecified atom stereocenters. The molecule has 0 bridgehead atoms. The highest BCUT2D eigenvalue weighted by atomic mass is 14.9. The molecule has 0 atom stereocenters. The average molecular weight is 255 g/mol. The van der Waals surface area contributed by atoms with Gasteiger partial charge in [-0.2, -0.15) is 0 Å². The fraction of sp³-hybridized carbons (Fsp3) is 0.438. The van der Waals surface area contributed by atoms with Crippen molar-refractivity contribution in [1.82, 2.24) is 4.98 Å². The maximum atomic E-state index is 5.96. The van der Waals surface area contributed by atoms with E-state index < -0.39 is 0 Å². The second-order valence-electron chi connectivity index (χ2n) is 5.59. The fourth-order valence-corrected chi connectivity index (χ4v) is 2.92. The smallest absolute Gasteiger partial charge is 0.0751 e. The SMILES string of the molecule is Cc1ccc(NC2CCC(N)CC2)c2cccnc12. The highest BCUT2D eigenvalue weighted by Crippen LogP contribution is 2.28. The lowest BCUT2D eigenvalue weighted by molar-refractivity contribution is 0.411. The Morgan fingerprint density at radius 1 is 1.16 bits per heavy atom. The molecule has 100 valence electrons. The summed E-state index contributed by atoms with van der Waals surface area (Å²) in [7, 11) is 0. The van der Waals surface area contributed by atoms with Gasteiger partial charge in [-0.05, 0) is 56.4 Å². The first-order valence-corrected chi connectivity index (χ1v) is 7.10. The van der Waals surface area contributed by atoms with E-state index in [2.05, 4.69) is 35.4 Å². The van der Waals surface area contributed by atoms with E-state index >= 15 is 0 Å². The number of pyridine rings is 1. The molecule has 3 rings (SSSR count). The highest BCUT2D eigenvalue weighted by Gasteiger charge is 2.18. The van der Waals surface area contributed by atoms with Gasteiger partial charge in [0.05, 0.1) is 5.52 Å². The van der Waals surface area contributed by atoms with Crippen LogP contribution in [0.2, 0.25) is 0 Å². The summed E-state index contributed by atoms with van der Waals surface area (Å²) in [6.45, 7) is 2.11. The summed E-state index contributed by atoms with van der Waals surface area (Å²) >= 11 is 0. The third-order valence-corrected chi connectivity index (χ3v) is 4.10. The number of aromatic nitrogens is 1. The minimum atomic E-state index is 0.398. The Morgan fingerprint density at radius 2 is 1.95 bits per heavy atom. The van der Waals surface area contributed by atoms with Crippen LogP contribution in [0.1, 0.15) is 31.2 Å². The molecule has 2 aromatic rings. The highest BCUT2D eigenvalue weighted by molar-refractivity contribution is 5.93. The van der Waals surface area contributed by atoms with Crippen LogP contribution in [0, 0.1) is 6.92 Å². The second-order valence-corrected chi connectivity index (χ2v) is 5.59. The monoisotopic (exact) mass is 255 g/mol. The number of nitrogens with zero attached hydrogens (tertiary/aromatic N) is 1. The molecule has 19 heavy (non-hydrogen) atoms. The van der Waals surface area contributed by atoms with Crippen LogP contribution in [0.5, 0.6) is 0 Å². The molecule has 1 aromatic carbocycles. The first-order chi connectivity index (χ1) is 9.24. The molecule has 1 fully saturated rings. The van der Waals surface area contributed by atoms with Crippen molar-refractivity contribution in [3.8, 4) is 0 Å². The summed E-state index contributed by atoms with van der Waals surface area (Å²) in [6, 6.07) is 9.41. The Kier molecular flexibility index (Phi) is 3.38. The summed E-state index contributed by atoms with van der Waals surface area (Å²) in [6.07, 6.45) is 6.44. The minimum Gasteiger partial charge on any atom is -0.382 e. The van der Waals surface area contributed by atoms with Gasteiger partial charge in [0, 0.05) is 29.4 Å². The Morgan fingerprint density at radius 3 is 2.74 bits per heavy atom. The molecule has 3 N–H and O–H groups in total. The van der Waals surface area contributed by atoms with Crippen LogP contribution in [0.4, 0.5) is 5.69 Å². The van der Waals surface area contributed by atoms with E-state index in [0.717, 1.165) is 31.2 Å². The van der Waals surface area contributed by atoms with E-state index in [4.69, 9.17) is 5.73 Å². The molecule has 1 aliphatic rings. The zero-order valence-electron chi connectivity index (χ0n) is 11.4. The number of fused-ring (bicyclic) bond motifs is 1. The maximum Gasteiger partial charge on any atom is 0.0751 e. The number of nitrogens with one attached hydrogen (secondary N) is 1. The number of benzene rings is 1. The summed E-state index contributed by atoms with van der Waals surface area (Å²) in [4.78, 5) is 4.49. The van der Waals surface area contributed by atoms with E-state index in [9.17, 15) is 0 Å². The summed E-state index contributed by atoms with van der Waals surface area (Å²) in [5.41, 5.74) is 9.49.